The quantitative estimate of drug-likeness (QED) is 0.655. The second-order valence-corrected chi connectivity index (χ2v) is 6.33. The van der Waals surface area contributed by atoms with Crippen LogP contribution >= 0.6 is 0 Å². The number of furan rings is 1. The molecule has 0 bridgehead atoms. The number of methoxy groups -OCH3 is 1. The Kier molecular flexibility index (Phi) is 6.11. The van der Waals surface area contributed by atoms with Crippen molar-refractivity contribution in [2.24, 2.45) is 0 Å². The van der Waals surface area contributed by atoms with E-state index in [1.54, 1.807) is 43.5 Å². The molecule has 2 N–H and O–H groups in total. The summed E-state index contributed by atoms with van der Waals surface area (Å²) in [5.41, 5.74) is 3.31. The summed E-state index contributed by atoms with van der Waals surface area (Å²) in [5, 5.41) is 5.62. The van der Waals surface area contributed by atoms with Gasteiger partial charge in [0, 0.05) is 17.8 Å². The van der Waals surface area contributed by atoms with Gasteiger partial charge in [0.1, 0.15) is 5.75 Å². The lowest BCUT2D eigenvalue weighted by Crippen LogP contribution is -2.25. The molecule has 0 aliphatic rings. The van der Waals surface area contributed by atoms with Crippen molar-refractivity contribution in [3.8, 4) is 5.75 Å². The highest BCUT2D eigenvalue weighted by Gasteiger charge is 2.10. The van der Waals surface area contributed by atoms with Crippen LogP contribution in [0.25, 0.3) is 0 Å². The predicted octanol–water partition coefficient (Wildman–Crippen LogP) is 3.82. The zero-order valence-corrected chi connectivity index (χ0v) is 15.8. The summed E-state index contributed by atoms with van der Waals surface area (Å²) >= 11 is 0. The van der Waals surface area contributed by atoms with Gasteiger partial charge in [0.2, 0.25) is 0 Å². The molecule has 0 fully saturated rings. The number of aryl methyl sites for hydroxylation is 1. The predicted molar refractivity (Wildman–Crippen MR) is 107 cm³/mol. The van der Waals surface area contributed by atoms with E-state index in [4.69, 9.17) is 9.15 Å². The van der Waals surface area contributed by atoms with Crippen LogP contribution in [0.2, 0.25) is 0 Å². The van der Waals surface area contributed by atoms with Crippen molar-refractivity contribution in [3.63, 3.8) is 0 Å². The van der Waals surface area contributed by atoms with Crippen molar-refractivity contribution in [3.05, 3.63) is 83.3 Å². The number of amides is 2. The van der Waals surface area contributed by atoms with Crippen molar-refractivity contribution < 1.29 is 18.7 Å². The largest absolute Gasteiger partial charge is 0.496 e. The summed E-state index contributed by atoms with van der Waals surface area (Å²) in [7, 11) is 1.64. The molecule has 6 nitrogen and oxygen atoms in total. The highest BCUT2D eigenvalue weighted by Crippen LogP contribution is 2.20. The number of carbonyl (C=O) groups excluding carboxylic acids is 2. The van der Waals surface area contributed by atoms with E-state index in [1.165, 1.54) is 6.26 Å². The van der Waals surface area contributed by atoms with E-state index >= 15 is 0 Å². The molecule has 3 rings (SSSR count). The van der Waals surface area contributed by atoms with Crippen LogP contribution in [0.3, 0.4) is 0 Å². The maximum Gasteiger partial charge on any atom is 0.291 e. The zero-order chi connectivity index (χ0) is 19.9. The first-order valence-electron chi connectivity index (χ1n) is 8.93. The first kappa shape index (κ1) is 19.2. The molecule has 6 heteroatoms. The van der Waals surface area contributed by atoms with Gasteiger partial charge in [-0.05, 0) is 61.4 Å². The van der Waals surface area contributed by atoms with Gasteiger partial charge in [-0.25, -0.2) is 0 Å². The van der Waals surface area contributed by atoms with E-state index in [-0.39, 0.29) is 17.6 Å². The molecule has 0 saturated carbocycles. The highest BCUT2D eigenvalue weighted by atomic mass is 16.5. The molecule has 2 aromatic carbocycles. The maximum atomic E-state index is 12.3. The highest BCUT2D eigenvalue weighted by molar-refractivity contribution is 6.02. The fourth-order valence-corrected chi connectivity index (χ4v) is 2.82. The Hall–Kier alpha value is -3.54. The second kappa shape index (κ2) is 8.90. The van der Waals surface area contributed by atoms with Gasteiger partial charge in [-0.15, -0.1) is 0 Å². The van der Waals surface area contributed by atoms with Crippen molar-refractivity contribution in [2.75, 3.05) is 19.0 Å². The smallest absolute Gasteiger partial charge is 0.291 e. The number of benzene rings is 2. The number of nitrogens with one attached hydrogen (secondary N) is 2. The van der Waals surface area contributed by atoms with Crippen molar-refractivity contribution in [2.45, 2.75) is 13.3 Å². The summed E-state index contributed by atoms with van der Waals surface area (Å²) in [6.07, 6.45) is 2.11. The van der Waals surface area contributed by atoms with Gasteiger partial charge < -0.3 is 19.8 Å². The minimum atomic E-state index is -0.339. The summed E-state index contributed by atoms with van der Waals surface area (Å²) in [5.74, 6) is 0.537. The lowest BCUT2D eigenvalue weighted by molar-refractivity contribution is 0.0953. The van der Waals surface area contributed by atoms with Crippen LogP contribution in [0.15, 0.2) is 65.3 Å². The molecule has 0 aliphatic heterocycles. The fraction of sp³-hybridized carbons (Fsp3) is 0.182. The first-order valence-corrected chi connectivity index (χ1v) is 8.93. The van der Waals surface area contributed by atoms with Crippen LogP contribution < -0.4 is 15.4 Å². The first-order chi connectivity index (χ1) is 13.6. The number of hydrogen-bond donors (Lipinski definition) is 2. The van der Waals surface area contributed by atoms with E-state index in [2.05, 4.69) is 16.7 Å². The Morgan fingerprint density at radius 2 is 1.82 bits per heavy atom. The molecule has 2 amide bonds. The lowest BCUT2D eigenvalue weighted by atomic mass is 10.1. The summed E-state index contributed by atoms with van der Waals surface area (Å²) in [6, 6.07) is 15.9. The topological polar surface area (TPSA) is 80.6 Å². The monoisotopic (exact) mass is 378 g/mol. The number of carbonyl (C=O) groups is 2. The van der Waals surface area contributed by atoms with Crippen LogP contribution in [0.1, 0.15) is 32.0 Å². The number of ether oxygens (including phenoxy) is 1. The molecule has 3 aromatic rings. The maximum absolute atomic E-state index is 12.3. The molecular weight excluding hydrogens is 356 g/mol. The normalized spacial score (nSPS) is 10.4. The number of anilines is 1. The van der Waals surface area contributed by atoms with Crippen molar-refractivity contribution in [1.82, 2.24) is 5.32 Å². The van der Waals surface area contributed by atoms with Gasteiger partial charge in [-0.2, -0.15) is 0 Å². The van der Waals surface area contributed by atoms with Gasteiger partial charge in [0.25, 0.3) is 11.8 Å². The zero-order valence-electron chi connectivity index (χ0n) is 15.8. The van der Waals surface area contributed by atoms with E-state index in [1.807, 2.05) is 19.1 Å². The average molecular weight is 378 g/mol. The Morgan fingerprint density at radius 3 is 2.50 bits per heavy atom. The van der Waals surface area contributed by atoms with E-state index < -0.39 is 0 Å². The van der Waals surface area contributed by atoms with E-state index in [9.17, 15) is 9.59 Å². The standard InChI is InChI=1S/C22H22N2O4/c1-15-5-10-19(27-2)17(14-15)11-12-23-21(25)16-6-8-18(9-7-16)24-22(26)20-4-3-13-28-20/h3-10,13-14H,11-12H2,1-2H3,(H,23,25)(H,24,26). The molecule has 28 heavy (non-hydrogen) atoms. The molecule has 1 heterocycles. The van der Waals surface area contributed by atoms with E-state index in [0.717, 1.165) is 16.9 Å². The summed E-state index contributed by atoms with van der Waals surface area (Å²) in [4.78, 5) is 24.3. The van der Waals surface area contributed by atoms with Gasteiger partial charge in [-0.3, -0.25) is 9.59 Å². The third-order valence-corrected chi connectivity index (χ3v) is 4.27. The third-order valence-electron chi connectivity index (χ3n) is 4.27. The van der Waals surface area contributed by atoms with Gasteiger partial charge in [0.15, 0.2) is 5.76 Å². The molecule has 0 unspecified atom stereocenters. The van der Waals surface area contributed by atoms with Gasteiger partial charge in [-0.1, -0.05) is 17.7 Å². The SMILES string of the molecule is COc1ccc(C)cc1CCNC(=O)c1ccc(NC(=O)c2ccco2)cc1. The van der Waals surface area contributed by atoms with Crippen LogP contribution in [0.5, 0.6) is 5.75 Å². The molecule has 0 spiro atoms. The minimum absolute atomic E-state index is 0.171. The van der Waals surface area contributed by atoms with Gasteiger partial charge in [0.05, 0.1) is 13.4 Å². The van der Waals surface area contributed by atoms with Crippen LogP contribution in [0, 0.1) is 6.92 Å². The Morgan fingerprint density at radius 1 is 1.04 bits per heavy atom. The average Bonchev–Trinajstić information content (AvgIpc) is 3.24. The Labute approximate surface area is 163 Å². The minimum Gasteiger partial charge on any atom is -0.496 e. The molecule has 144 valence electrons. The molecule has 0 saturated heterocycles. The van der Waals surface area contributed by atoms with Crippen molar-refractivity contribution in [1.29, 1.82) is 0 Å². The molecule has 0 aliphatic carbocycles. The number of rotatable bonds is 7. The molecule has 0 atom stereocenters. The van der Waals surface area contributed by atoms with Crippen LogP contribution in [-0.4, -0.2) is 25.5 Å². The van der Waals surface area contributed by atoms with E-state index in [0.29, 0.717) is 24.2 Å². The summed E-state index contributed by atoms with van der Waals surface area (Å²) in [6.45, 7) is 2.52. The third kappa shape index (κ3) is 4.79. The second-order valence-electron chi connectivity index (χ2n) is 6.33. The van der Waals surface area contributed by atoms with Crippen molar-refractivity contribution >= 4 is 17.5 Å². The molecule has 0 radical (unpaired) electrons. The van der Waals surface area contributed by atoms with Crippen LogP contribution in [-0.2, 0) is 6.42 Å². The fourth-order valence-electron chi connectivity index (χ4n) is 2.82. The van der Waals surface area contributed by atoms with Gasteiger partial charge >= 0.3 is 0 Å². The summed E-state index contributed by atoms with van der Waals surface area (Å²) < 4.78 is 10.4. The molecule has 1 aromatic heterocycles. The number of hydrogen-bond acceptors (Lipinski definition) is 4. The van der Waals surface area contributed by atoms with Crippen LogP contribution in [0.4, 0.5) is 5.69 Å². The lowest BCUT2D eigenvalue weighted by Gasteiger charge is -2.10. The Bertz CT molecular complexity index is 947. The Balaban J connectivity index is 1.53. The molecular formula is C22H22N2O4.